The highest BCUT2D eigenvalue weighted by molar-refractivity contribution is 6.31. The van der Waals surface area contributed by atoms with Crippen LogP contribution in [-0.4, -0.2) is 35.3 Å². The third-order valence-electron chi connectivity index (χ3n) is 3.09. The van der Waals surface area contributed by atoms with Crippen LogP contribution in [-0.2, 0) is 22.4 Å². The fourth-order valence-electron chi connectivity index (χ4n) is 2.19. The Hall–Kier alpha value is -0.620. The third-order valence-corrected chi connectivity index (χ3v) is 3.59. The Morgan fingerprint density at radius 1 is 1.50 bits per heavy atom. The first-order valence-corrected chi connectivity index (χ1v) is 6.70. The van der Waals surface area contributed by atoms with E-state index in [1.54, 1.807) is 0 Å². The Morgan fingerprint density at radius 2 is 2.17 bits per heavy atom. The molecule has 0 spiro atoms. The lowest BCUT2D eigenvalue weighted by atomic mass is 10.1. The summed E-state index contributed by atoms with van der Waals surface area (Å²) in [6.45, 7) is 6.06. The Kier molecular flexibility index (Phi) is 4.61. The van der Waals surface area contributed by atoms with Gasteiger partial charge in [-0.3, -0.25) is 4.68 Å². The first-order chi connectivity index (χ1) is 8.61. The van der Waals surface area contributed by atoms with Crippen molar-refractivity contribution in [3.8, 4) is 0 Å². The van der Waals surface area contributed by atoms with Gasteiger partial charge in [0.05, 0.1) is 29.6 Å². The van der Waals surface area contributed by atoms with Crippen molar-refractivity contribution < 1.29 is 9.47 Å². The van der Waals surface area contributed by atoms with Crippen molar-refractivity contribution >= 4 is 11.6 Å². The number of rotatable bonds is 5. The number of nitrogens with two attached hydrogens (primary N) is 1. The Morgan fingerprint density at radius 3 is 2.78 bits per heavy atom. The van der Waals surface area contributed by atoms with Gasteiger partial charge in [-0.2, -0.15) is 5.10 Å². The average molecular weight is 274 g/mol. The zero-order valence-electron chi connectivity index (χ0n) is 10.9. The summed E-state index contributed by atoms with van der Waals surface area (Å²) < 4.78 is 12.7. The monoisotopic (exact) mass is 273 g/mol. The molecule has 2 N–H and O–H groups in total. The fraction of sp³-hybridized carbons (Fsp3) is 0.750. The van der Waals surface area contributed by atoms with Crippen LogP contribution in [0.25, 0.3) is 0 Å². The van der Waals surface area contributed by atoms with Crippen LogP contribution in [0.5, 0.6) is 0 Å². The minimum absolute atomic E-state index is 0.0352. The molecule has 1 atom stereocenters. The number of hydrogen-bond acceptors (Lipinski definition) is 4. The molecule has 0 amide bonds. The Bertz CT molecular complexity index is 402. The van der Waals surface area contributed by atoms with Gasteiger partial charge in [-0.1, -0.05) is 11.6 Å². The molecule has 102 valence electrons. The van der Waals surface area contributed by atoms with E-state index in [1.165, 1.54) is 0 Å². The molecule has 6 heteroatoms. The molecule has 5 nitrogen and oxygen atoms in total. The van der Waals surface area contributed by atoms with Crippen LogP contribution in [0.4, 0.5) is 0 Å². The van der Waals surface area contributed by atoms with Crippen LogP contribution >= 0.6 is 11.6 Å². The van der Waals surface area contributed by atoms with E-state index in [-0.39, 0.29) is 12.3 Å². The van der Waals surface area contributed by atoms with Gasteiger partial charge >= 0.3 is 0 Å². The zero-order valence-corrected chi connectivity index (χ0v) is 11.6. The van der Waals surface area contributed by atoms with Crippen LogP contribution in [0.3, 0.4) is 0 Å². The standard InChI is InChI=1S/C12H20ClN3O2/c1-3-16-10(12(13)8(2)15-16)6-9(14)7-11-17-4-5-18-11/h9,11H,3-7,14H2,1-2H3. The largest absolute Gasteiger partial charge is 0.350 e. The number of nitrogens with zero attached hydrogens (tertiary/aromatic N) is 2. The number of hydrogen-bond donors (Lipinski definition) is 1. The van der Waals surface area contributed by atoms with E-state index in [1.807, 2.05) is 18.5 Å². The molecule has 1 aromatic rings. The van der Waals surface area contributed by atoms with Crippen LogP contribution in [0.2, 0.25) is 5.02 Å². The highest BCUT2D eigenvalue weighted by Gasteiger charge is 2.22. The lowest BCUT2D eigenvalue weighted by Crippen LogP contribution is -2.29. The molecule has 0 aromatic carbocycles. The normalized spacial score (nSPS) is 18.4. The molecule has 2 heterocycles. The van der Waals surface area contributed by atoms with Gasteiger partial charge in [-0.05, 0) is 13.8 Å². The van der Waals surface area contributed by atoms with E-state index < -0.39 is 0 Å². The van der Waals surface area contributed by atoms with Crippen LogP contribution in [0.1, 0.15) is 24.7 Å². The molecule has 1 unspecified atom stereocenters. The third kappa shape index (κ3) is 3.03. The van der Waals surface area contributed by atoms with Crippen molar-refractivity contribution in [2.24, 2.45) is 5.73 Å². The van der Waals surface area contributed by atoms with Crippen LogP contribution in [0.15, 0.2) is 0 Å². The van der Waals surface area contributed by atoms with Crippen molar-refractivity contribution in [3.63, 3.8) is 0 Å². The van der Waals surface area contributed by atoms with Crippen molar-refractivity contribution in [1.82, 2.24) is 9.78 Å². The second-order valence-corrected chi connectivity index (χ2v) is 4.91. The molecule has 18 heavy (non-hydrogen) atoms. The van der Waals surface area contributed by atoms with Gasteiger partial charge in [0.25, 0.3) is 0 Å². The van der Waals surface area contributed by atoms with Crippen LogP contribution < -0.4 is 5.73 Å². The molecule has 1 aromatic heterocycles. The maximum atomic E-state index is 6.25. The zero-order chi connectivity index (χ0) is 13.1. The molecule has 0 radical (unpaired) electrons. The summed E-state index contributed by atoms with van der Waals surface area (Å²) >= 11 is 6.25. The molecule has 0 aliphatic carbocycles. The molecular weight excluding hydrogens is 254 g/mol. The molecule has 1 aliphatic heterocycles. The van der Waals surface area contributed by atoms with E-state index in [0.29, 0.717) is 26.1 Å². The summed E-state index contributed by atoms with van der Waals surface area (Å²) in [7, 11) is 0. The van der Waals surface area contributed by atoms with E-state index in [0.717, 1.165) is 23.0 Å². The maximum Gasteiger partial charge on any atom is 0.159 e. The lowest BCUT2D eigenvalue weighted by molar-refractivity contribution is -0.0505. The summed E-state index contributed by atoms with van der Waals surface area (Å²) in [6, 6.07) is -0.0352. The molecule has 1 aliphatic rings. The lowest BCUT2D eigenvalue weighted by Gasteiger charge is -2.16. The Labute approximate surface area is 112 Å². The van der Waals surface area contributed by atoms with E-state index >= 15 is 0 Å². The summed E-state index contributed by atoms with van der Waals surface area (Å²) in [4.78, 5) is 0. The molecular formula is C12H20ClN3O2. The first kappa shape index (κ1) is 13.8. The highest BCUT2D eigenvalue weighted by atomic mass is 35.5. The topological polar surface area (TPSA) is 62.3 Å². The number of aromatic nitrogens is 2. The quantitative estimate of drug-likeness (QED) is 0.883. The van der Waals surface area contributed by atoms with Gasteiger partial charge in [-0.25, -0.2) is 0 Å². The average Bonchev–Trinajstić information content (AvgIpc) is 2.92. The number of halogens is 1. The van der Waals surface area contributed by atoms with Gasteiger partial charge in [0.1, 0.15) is 0 Å². The molecule has 0 saturated carbocycles. The van der Waals surface area contributed by atoms with Gasteiger partial charge < -0.3 is 15.2 Å². The summed E-state index contributed by atoms with van der Waals surface area (Å²) in [5.74, 6) is 0. The van der Waals surface area contributed by atoms with Crippen molar-refractivity contribution in [1.29, 1.82) is 0 Å². The molecule has 1 fully saturated rings. The van der Waals surface area contributed by atoms with E-state index in [9.17, 15) is 0 Å². The second kappa shape index (κ2) is 6.02. The maximum absolute atomic E-state index is 6.25. The SMILES string of the molecule is CCn1nc(C)c(Cl)c1CC(N)CC1OCCO1. The first-order valence-electron chi connectivity index (χ1n) is 6.32. The number of ether oxygens (including phenoxy) is 2. The molecule has 2 rings (SSSR count). The Balaban J connectivity index is 1.99. The second-order valence-electron chi connectivity index (χ2n) is 4.53. The van der Waals surface area contributed by atoms with Gasteiger partial charge in [0.2, 0.25) is 0 Å². The summed E-state index contributed by atoms with van der Waals surface area (Å²) in [5, 5.41) is 5.10. The van der Waals surface area contributed by atoms with Crippen molar-refractivity contribution in [3.05, 3.63) is 16.4 Å². The summed E-state index contributed by atoms with van der Waals surface area (Å²) in [6.07, 6.45) is 1.21. The molecule has 1 saturated heterocycles. The van der Waals surface area contributed by atoms with Gasteiger partial charge in [0.15, 0.2) is 6.29 Å². The fourth-order valence-corrected chi connectivity index (χ4v) is 2.40. The van der Waals surface area contributed by atoms with Gasteiger partial charge in [0, 0.05) is 25.4 Å². The summed E-state index contributed by atoms with van der Waals surface area (Å²) in [5.41, 5.74) is 7.99. The smallest absolute Gasteiger partial charge is 0.159 e. The van der Waals surface area contributed by atoms with Crippen molar-refractivity contribution in [2.45, 2.75) is 45.6 Å². The van der Waals surface area contributed by atoms with E-state index in [4.69, 9.17) is 26.8 Å². The van der Waals surface area contributed by atoms with Crippen molar-refractivity contribution in [2.75, 3.05) is 13.2 Å². The minimum atomic E-state index is -0.169. The van der Waals surface area contributed by atoms with E-state index in [2.05, 4.69) is 5.10 Å². The molecule has 0 bridgehead atoms. The minimum Gasteiger partial charge on any atom is -0.350 e. The van der Waals surface area contributed by atoms with Gasteiger partial charge in [-0.15, -0.1) is 0 Å². The predicted octanol–water partition coefficient (Wildman–Crippen LogP) is 1.50. The van der Waals surface area contributed by atoms with Crippen LogP contribution in [0, 0.1) is 6.92 Å². The predicted molar refractivity (Wildman–Crippen MR) is 69.6 cm³/mol. The highest BCUT2D eigenvalue weighted by Crippen LogP contribution is 2.22. The number of aryl methyl sites for hydroxylation is 2.